The van der Waals surface area contributed by atoms with E-state index in [1.807, 2.05) is 6.07 Å². The maximum Gasteiger partial charge on any atom is 0.416 e. The summed E-state index contributed by atoms with van der Waals surface area (Å²) in [4.78, 5) is 13.9. The van der Waals surface area contributed by atoms with Gasteiger partial charge in [0.15, 0.2) is 5.84 Å². The van der Waals surface area contributed by atoms with E-state index in [2.05, 4.69) is 9.98 Å². The predicted molar refractivity (Wildman–Crippen MR) is 109 cm³/mol. The van der Waals surface area contributed by atoms with Gasteiger partial charge in [0, 0.05) is 16.7 Å². The first-order chi connectivity index (χ1) is 14.9. The highest BCUT2D eigenvalue weighted by Gasteiger charge is 2.45. The molecule has 0 aromatic heterocycles. The first-order valence-corrected chi connectivity index (χ1v) is 9.26. The van der Waals surface area contributed by atoms with Gasteiger partial charge in [-0.25, -0.2) is 15.2 Å². The van der Waals surface area contributed by atoms with Crippen LogP contribution in [0.25, 0.3) is 0 Å². The van der Waals surface area contributed by atoms with Crippen molar-refractivity contribution in [3.8, 4) is 5.75 Å². The van der Waals surface area contributed by atoms with E-state index < -0.39 is 17.5 Å². The number of benzene rings is 3. The summed E-state index contributed by atoms with van der Waals surface area (Å²) in [6, 6.07) is 20.1. The lowest BCUT2D eigenvalue weighted by molar-refractivity contribution is -0.302. The molecule has 0 amide bonds. The molecule has 4 rings (SSSR count). The number of hydrogen-bond acceptors (Lipinski definition) is 5. The Morgan fingerprint density at radius 1 is 0.839 bits per heavy atom. The van der Waals surface area contributed by atoms with Gasteiger partial charge in [0.1, 0.15) is 11.5 Å². The Morgan fingerprint density at radius 3 is 2.03 bits per heavy atom. The van der Waals surface area contributed by atoms with E-state index in [-0.39, 0.29) is 17.1 Å². The Bertz CT molecular complexity index is 1130. The lowest BCUT2D eigenvalue weighted by atomic mass is 9.92. The second-order valence-electron chi connectivity index (χ2n) is 6.80. The average molecular weight is 426 g/mol. The molecule has 3 aromatic carbocycles. The second-order valence-corrected chi connectivity index (χ2v) is 6.80. The zero-order chi connectivity index (χ0) is 22.1. The molecule has 1 N–H and O–H groups in total. The fourth-order valence-corrected chi connectivity index (χ4v) is 3.34. The van der Waals surface area contributed by atoms with E-state index in [9.17, 15) is 18.4 Å². The van der Waals surface area contributed by atoms with Crippen LogP contribution in [0.3, 0.4) is 0 Å². The third-order valence-electron chi connectivity index (χ3n) is 4.93. The van der Waals surface area contributed by atoms with Crippen LogP contribution in [0.2, 0.25) is 0 Å². The van der Waals surface area contributed by atoms with Crippen molar-refractivity contribution in [2.75, 3.05) is 7.11 Å². The number of ether oxygens (including phenoxy) is 1. The van der Waals surface area contributed by atoms with Crippen molar-refractivity contribution in [2.45, 2.75) is 11.9 Å². The Balaban J connectivity index is 1.87. The Morgan fingerprint density at radius 2 is 1.48 bits per heavy atom. The van der Waals surface area contributed by atoms with Crippen molar-refractivity contribution in [1.82, 2.24) is 0 Å². The minimum Gasteiger partial charge on any atom is -0.497 e. The van der Waals surface area contributed by atoms with E-state index in [1.165, 1.54) is 19.2 Å². The third-order valence-corrected chi connectivity index (χ3v) is 4.93. The molecule has 8 heteroatoms. The predicted octanol–water partition coefficient (Wildman–Crippen LogP) is 5.31. The van der Waals surface area contributed by atoms with Crippen LogP contribution in [-0.4, -0.2) is 23.9 Å². The van der Waals surface area contributed by atoms with E-state index in [0.717, 1.165) is 12.1 Å². The fraction of sp³-hybridized carbons (Fsp3) is 0.130. The van der Waals surface area contributed by atoms with Crippen molar-refractivity contribution >= 4 is 11.5 Å². The monoisotopic (exact) mass is 426 g/mol. The number of alkyl halides is 3. The molecule has 1 aliphatic rings. The number of methoxy groups -OCH3 is 1. The highest BCUT2D eigenvalue weighted by Crippen LogP contribution is 2.38. The molecule has 0 aliphatic carbocycles. The Hall–Kier alpha value is -3.49. The van der Waals surface area contributed by atoms with Crippen LogP contribution in [0.5, 0.6) is 5.75 Å². The largest absolute Gasteiger partial charge is 0.497 e. The lowest BCUT2D eigenvalue weighted by Crippen LogP contribution is -2.34. The zero-order valence-electron chi connectivity index (χ0n) is 16.3. The van der Waals surface area contributed by atoms with Crippen molar-refractivity contribution in [2.24, 2.45) is 9.98 Å². The van der Waals surface area contributed by atoms with Crippen LogP contribution >= 0.6 is 0 Å². The number of nitrogens with zero attached hydrogens (tertiary/aromatic N) is 2. The fourth-order valence-electron chi connectivity index (χ4n) is 3.34. The number of amidine groups is 1. The van der Waals surface area contributed by atoms with Crippen LogP contribution in [0.4, 0.5) is 13.2 Å². The number of aliphatic imine (C=N–C) groups is 2. The van der Waals surface area contributed by atoms with Crippen molar-refractivity contribution in [3.63, 3.8) is 0 Å². The van der Waals surface area contributed by atoms with Gasteiger partial charge in [-0.15, -0.1) is 0 Å². The molecule has 0 fully saturated rings. The molecule has 3 aromatic rings. The molecular weight excluding hydrogens is 409 g/mol. The van der Waals surface area contributed by atoms with Gasteiger partial charge in [0.2, 0.25) is 0 Å². The van der Waals surface area contributed by atoms with Gasteiger partial charge in [0.05, 0.1) is 12.7 Å². The molecule has 31 heavy (non-hydrogen) atoms. The van der Waals surface area contributed by atoms with Gasteiger partial charge in [0.25, 0.3) is 5.72 Å². The number of hydrogen-bond donors (Lipinski definition) is 1. The highest BCUT2D eigenvalue weighted by molar-refractivity contribution is 6.20. The maximum atomic E-state index is 13.0. The topological polar surface area (TPSA) is 63.4 Å². The summed E-state index contributed by atoms with van der Waals surface area (Å²) in [6.07, 6.45) is -4.49. The van der Waals surface area contributed by atoms with E-state index in [1.54, 1.807) is 48.5 Å². The molecule has 0 spiro atoms. The Kier molecular flexibility index (Phi) is 5.34. The van der Waals surface area contributed by atoms with Gasteiger partial charge < -0.3 is 4.74 Å². The summed E-state index contributed by atoms with van der Waals surface area (Å²) in [5.41, 5.74) is -0.995. The lowest BCUT2D eigenvalue weighted by Gasteiger charge is -2.25. The highest BCUT2D eigenvalue weighted by atomic mass is 19.4. The zero-order valence-corrected chi connectivity index (χ0v) is 16.3. The van der Waals surface area contributed by atoms with Crippen LogP contribution in [0.1, 0.15) is 22.3 Å². The first-order valence-electron chi connectivity index (χ1n) is 9.26. The van der Waals surface area contributed by atoms with E-state index >= 15 is 0 Å². The molecule has 1 aliphatic heterocycles. The van der Waals surface area contributed by atoms with Crippen LogP contribution in [0, 0.1) is 0 Å². The molecule has 1 unspecified atom stereocenters. The van der Waals surface area contributed by atoms with Crippen molar-refractivity contribution in [1.29, 1.82) is 0 Å². The summed E-state index contributed by atoms with van der Waals surface area (Å²) >= 11 is 0. The molecule has 158 valence electrons. The second kappa shape index (κ2) is 7.98. The molecular formula is C23H17F3N2O3. The van der Waals surface area contributed by atoms with Gasteiger partial charge >= 0.3 is 6.18 Å². The quantitative estimate of drug-likeness (QED) is 0.445. The number of halogens is 3. The van der Waals surface area contributed by atoms with Crippen LogP contribution in [-0.2, 0) is 16.8 Å². The molecule has 0 bridgehead atoms. The maximum absolute atomic E-state index is 13.0. The average Bonchev–Trinajstić information content (AvgIpc) is 3.20. The first kappa shape index (κ1) is 20.8. The number of rotatable bonds is 5. The van der Waals surface area contributed by atoms with E-state index in [0.29, 0.717) is 16.9 Å². The molecule has 0 radical (unpaired) electrons. The minimum absolute atomic E-state index is 0.198. The van der Waals surface area contributed by atoms with Crippen LogP contribution < -0.4 is 4.74 Å². The molecule has 0 saturated heterocycles. The standard InChI is InChI=1S/C23H17F3N2O3/c1-30-19-13-7-15(8-14-19)20-22(31-29,17-9-11-18(12-10-17)23(24,25)26)28-21(27-20)16-5-3-2-4-6-16/h2-14,29H,1H3. The molecule has 1 heterocycles. The van der Waals surface area contributed by atoms with Gasteiger partial charge in [-0.3, -0.25) is 0 Å². The summed E-state index contributed by atoms with van der Waals surface area (Å²) in [5.74, 6) is 0.886. The SMILES string of the molecule is COc1ccc(C2=NC(c3ccccc3)=NC2(OO)c2ccc(C(F)(F)F)cc2)cc1. The summed E-state index contributed by atoms with van der Waals surface area (Å²) in [5, 5.41) is 9.96. The molecule has 5 nitrogen and oxygen atoms in total. The van der Waals surface area contributed by atoms with Gasteiger partial charge in [-0.2, -0.15) is 18.1 Å². The molecule has 0 saturated carbocycles. The van der Waals surface area contributed by atoms with Crippen molar-refractivity contribution in [3.05, 3.63) is 101 Å². The van der Waals surface area contributed by atoms with Gasteiger partial charge in [-0.1, -0.05) is 42.5 Å². The van der Waals surface area contributed by atoms with Gasteiger partial charge in [-0.05, 0) is 36.4 Å². The smallest absolute Gasteiger partial charge is 0.416 e. The van der Waals surface area contributed by atoms with Crippen LogP contribution in [0.15, 0.2) is 88.8 Å². The summed E-state index contributed by atoms with van der Waals surface area (Å²) < 4.78 is 44.3. The Labute approximate surface area is 176 Å². The van der Waals surface area contributed by atoms with Crippen molar-refractivity contribution < 1.29 is 28.1 Å². The third kappa shape index (κ3) is 3.83. The molecule has 1 atom stereocenters. The summed E-state index contributed by atoms with van der Waals surface area (Å²) in [6.45, 7) is 0. The summed E-state index contributed by atoms with van der Waals surface area (Å²) in [7, 11) is 1.53. The normalized spacial score (nSPS) is 18.5. The minimum atomic E-state index is -4.49. The van der Waals surface area contributed by atoms with E-state index in [4.69, 9.17) is 9.62 Å².